The summed E-state index contributed by atoms with van der Waals surface area (Å²) in [6.45, 7) is 0. The lowest BCUT2D eigenvalue weighted by Crippen LogP contribution is -2.30. The van der Waals surface area contributed by atoms with E-state index in [1.807, 2.05) is 12.1 Å². The molecule has 1 heterocycles. The van der Waals surface area contributed by atoms with Crippen LogP contribution in [-0.2, 0) is 5.75 Å². The minimum Gasteiger partial charge on any atom is -0.289 e. The first-order valence-corrected chi connectivity index (χ1v) is 7.39. The Labute approximate surface area is 130 Å². The molecule has 20 heavy (non-hydrogen) atoms. The molecule has 0 aliphatic heterocycles. The molecule has 7 heteroatoms. The number of aromatic nitrogens is 1. The van der Waals surface area contributed by atoms with Crippen molar-refractivity contribution in [1.82, 2.24) is 10.4 Å². The molecule has 2 rings (SSSR count). The molecule has 3 N–H and O–H groups in total. The summed E-state index contributed by atoms with van der Waals surface area (Å²) >= 11 is 13.4. The van der Waals surface area contributed by atoms with Crippen molar-refractivity contribution in [2.75, 3.05) is 0 Å². The normalized spacial score (nSPS) is 10.3. The zero-order valence-electron chi connectivity index (χ0n) is 10.3. The first-order valence-electron chi connectivity index (χ1n) is 5.65. The molecule has 0 aliphatic rings. The molecule has 0 aliphatic carbocycles. The van der Waals surface area contributed by atoms with Gasteiger partial charge in [0.2, 0.25) is 0 Å². The number of nitrogens with one attached hydrogen (secondary N) is 1. The maximum atomic E-state index is 11.4. The molecule has 0 spiro atoms. The molecule has 1 amide bonds. The number of hydrogen-bond acceptors (Lipinski definition) is 4. The van der Waals surface area contributed by atoms with Crippen molar-refractivity contribution in [2.24, 2.45) is 5.84 Å². The van der Waals surface area contributed by atoms with E-state index in [4.69, 9.17) is 29.0 Å². The van der Waals surface area contributed by atoms with Gasteiger partial charge in [0, 0.05) is 10.6 Å². The number of nitrogen functional groups attached to an aromatic ring is 1. The summed E-state index contributed by atoms with van der Waals surface area (Å²) in [6.07, 6.45) is 0. The van der Waals surface area contributed by atoms with Crippen LogP contribution in [0.25, 0.3) is 0 Å². The van der Waals surface area contributed by atoms with Crippen LogP contribution in [-0.4, -0.2) is 10.9 Å². The predicted octanol–water partition coefficient (Wildman–Crippen LogP) is 3.28. The molecule has 0 saturated heterocycles. The van der Waals surface area contributed by atoms with Crippen molar-refractivity contribution in [2.45, 2.75) is 10.6 Å². The molecule has 1 aromatic heterocycles. The Bertz CT molecular complexity index is 637. The predicted molar refractivity (Wildman–Crippen MR) is 81.9 cm³/mol. The van der Waals surface area contributed by atoms with Crippen LogP contribution >= 0.6 is 35.0 Å². The van der Waals surface area contributed by atoms with Gasteiger partial charge in [-0.1, -0.05) is 29.3 Å². The summed E-state index contributed by atoms with van der Waals surface area (Å²) in [5.41, 5.74) is 3.13. The smallest absolute Gasteiger partial charge is 0.283 e. The number of pyridine rings is 1. The van der Waals surface area contributed by atoms with E-state index < -0.39 is 5.91 Å². The fraction of sp³-hybridized carbons (Fsp3) is 0.0769. The summed E-state index contributed by atoms with van der Waals surface area (Å²) in [6, 6.07) is 10.6. The highest BCUT2D eigenvalue weighted by Crippen LogP contribution is 2.29. The quantitative estimate of drug-likeness (QED) is 0.391. The number of hydrazine groups is 1. The zero-order valence-corrected chi connectivity index (χ0v) is 12.6. The van der Waals surface area contributed by atoms with E-state index in [0.717, 1.165) is 10.6 Å². The van der Waals surface area contributed by atoms with Crippen LogP contribution in [0.5, 0.6) is 0 Å². The Morgan fingerprint density at radius 2 is 2.05 bits per heavy atom. The Morgan fingerprint density at radius 3 is 2.75 bits per heavy atom. The second-order valence-corrected chi connectivity index (χ2v) is 5.72. The molecule has 0 fully saturated rings. The monoisotopic (exact) mass is 327 g/mol. The van der Waals surface area contributed by atoms with Crippen molar-refractivity contribution in [3.63, 3.8) is 0 Å². The number of nitrogens with two attached hydrogens (primary N) is 1. The largest absolute Gasteiger partial charge is 0.289 e. The number of carbonyl (C=O) groups excluding carboxylic acids is 1. The fourth-order valence-electron chi connectivity index (χ4n) is 1.48. The molecule has 0 atom stereocenters. The van der Waals surface area contributed by atoms with Crippen molar-refractivity contribution >= 4 is 40.9 Å². The fourth-order valence-corrected chi connectivity index (χ4v) is 2.69. The zero-order chi connectivity index (χ0) is 14.5. The molecule has 0 bridgehead atoms. The second-order valence-electron chi connectivity index (χ2n) is 3.85. The van der Waals surface area contributed by atoms with Gasteiger partial charge in [-0.15, -0.1) is 11.8 Å². The molecule has 104 valence electrons. The maximum absolute atomic E-state index is 11.4. The summed E-state index contributed by atoms with van der Waals surface area (Å²) in [7, 11) is 0. The molecular formula is C13H11Cl2N3OS. The summed E-state index contributed by atoms with van der Waals surface area (Å²) < 4.78 is 0. The van der Waals surface area contributed by atoms with Gasteiger partial charge < -0.3 is 0 Å². The lowest BCUT2D eigenvalue weighted by molar-refractivity contribution is 0.0948. The van der Waals surface area contributed by atoms with E-state index >= 15 is 0 Å². The number of hydrogen-bond donors (Lipinski definition) is 2. The number of nitrogens with zero attached hydrogens (tertiary/aromatic N) is 1. The van der Waals surface area contributed by atoms with Gasteiger partial charge in [0.15, 0.2) is 0 Å². The highest BCUT2D eigenvalue weighted by atomic mass is 35.5. The standard InChI is InChI=1S/C13H11Cl2N3OS/c14-10-5-4-9(6-11(10)15)20-7-8-2-1-3-12(17-8)13(19)18-16/h1-6H,7,16H2,(H,18,19). The second kappa shape index (κ2) is 6.95. The van der Waals surface area contributed by atoms with E-state index in [-0.39, 0.29) is 0 Å². The van der Waals surface area contributed by atoms with Crippen LogP contribution in [0.15, 0.2) is 41.3 Å². The highest BCUT2D eigenvalue weighted by molar-refractivity contribution is 7.98. The molecule has 0 saturated carbocycles. The van der Waals surface area contributed by atoms with Crippen LogP contribution in [0.3, 0.4) is 0 Å². The van der Waals surface area contributed by atoms with Crippen LogP contribution in [0, 0.1) is 0 Å². The average molecular weight is 328 g/mol. The summed E-state index contributed by atoms with van der Waals surface area (Å²) in [5, 5.41) is 1.04. The molecule has 0 unspecified atom stereocenters. The van der Waals surface area contributed by atoms with Gasteiger partial charge in [0.1, 0.15) is 5.69 Å². The van der Waals surface area contributed by atoms with Gasteiger partial charge in [-0.05, 0) is 30.3 Å². The van der Waals surface area contributed by atoms with Crippen LogP contribution in [0.1, 0.15) is 16.2 Å². The molecule has 1 aromatic carbocycles. The molecule has 0 radical (unpaired) electrons. The van der Waals surface area contributed by atoms with Gasteiger partial charge in [0.05, 0.1) is 15.7 Å². The van der Waals surface area contributed by atoms with E-state index in [9.17, 15) is 4.79 Å². The lowest BCUT2D eigenvalue weighted by atomic mass is 10.3. The van der Waals surface area contributed by atoms with Gasteiger partial charge in [-0.3, -0.25) is 10.2 Å². The number of carbonyl (C=O) groups is 1. The third kappa shape index (κ3) is 3.86. The van der Waals surface area contributed by atoms with Crippen molar-refractivity contribution in [1.29, 1.82) is 0 Å². The molecule has 2 aromatic rings. The van der Waals surface area contributed by atoms with Crippen molar-refractivity contribution in [3.8, 4) is 0 Å². The number of rotatable bonds is 4. The Hall–Kier alpha value is -1.27. The average Bonchev–Trinajstić information content (AvgIpc) is 2.48. The summed E-state index contributed by atoms with van der Waals surface area (Å²) in [4.78, 5) is 16.6. The number of amides is 1. The van der Waals surface area contributed by atoms with Gasteiger partial charge in [0.25, 0.3) is 5.91 Å². The SMILES string of the molecule is NNC(=O)c1cccc(CSc2ccc(Cl)c(Cl)c2)n1. The lowest BCUT2D eigenvalue weighted by Gasteiger charge is -2.05. The third-order valence-corrected chi connectivity index (χ3v) is 4.21. The van der Waals surface area contributed by atoms with Crippen LogP contribution in [0.4, 0.5) is 0 Å². The molecule has 4 nitrogen and oxygen atoms in total. The first kappa shape index (κ1) is 15.1. The topological polar surface area (TPSA) is 68.0 Å². The van der Waals surface area contributed by atoms with Crippen molar-refractivity contribution in [3.05, 3.63) is 57.8 Å². The Morgan fingerprint density at radius 1 is 1.25 bits per heavy atom. The third-order valence-electron chi connectivity index (χ3n) is 2.45. The summed E-state index contributed by atoms with van der Waals surface area (Å²) in [5.74, 6) is 5.28. The van der Waals surface area contributed by atoms with Gasteiger partial charge in [-0.2, -0.15) is 0 Å². The maximum Gasteiger partial charge on any atom is 0.283 e. The van der Waals surface area contributed by atoms with E-state index in [1.54, 1.807) is 36.0 Å². The minimum atomic E-state index is -0.411. The van der Waals surface area contributed by atoms with Crippen LogP contribution in [0.2, 0.25) is 10.0 Å². The molecular weight excluding hydrogens is 317 g/mol. The minimum absolute atomic E-state index is 0.291. The highest BCUT2D eigenvalue weighted by Gasteiger charge is 2.06. The number of benzene rings is 1. The van der Waals surface area contributed by atoms with Gasteiger partial charge in [-0.25, -0.2) is 10.8 Å². The van der Waals surface area contributed by atoms with Crippen molar-refractivity contribution < 1.29 is 4.79 Å². The Balaban J connectivity index is 2.07. The van der Waals surface area contributed by atoms with Crippen LogP contribution < -0.4 is 11.3 Å². The van der Waals surface area contributed by atoms with E-state index in [1.165, 1.54) is 0 Å². The number of thioether (sulfide) groups is 1. The Kier molecular flexibility index (Phi) is 5.25. The van der Waals surface area contributed by atoms with E-state index in [0.29, 0.717) is 21.5 Å². The first-order chi connectivity index (χ1) is 9.60. The van der Waals surface area contributed by atoms with Gasteiger partial charge >= 0.3 is 0 Å². The number of halogens is 2. The van der Waals surface area contributed by atoms with E-state index in [2.05, 4.69) is 10.4 Å².